The van der Waals surface area contributed by atoms with E-state index in [1.807, 2.05) is 0 Å². The van der Waals surface area contributed by atoms with Gasteiger partial charge in [0.05, 0.1) is 6.26 Å². The topological polar surface area (TPSA) is 121 Å². The van der Waals surface area contributed by atoms with E-state index in [0.717, 1.165) is 17.5 Å². The van der Waals surface area contributed by atoms with Gasteiger partial charge in [0.2, 0.25) is 20.0 Å². The number of hydrogen-bond acceptors (Lipinski definition) is 5. The van der Waals surface area contributed by atoms with Crippen molar-refractivity contribution in [1.82, 2.24) is 9.03 Å². The van der Waals surface area contributed by atoms with E-state index in [0.29, 0.717) is 12.8 Å². The standard InChI is InChI=1S/C10H20N2O6S2/c1-8(10(13)14)20(17,18)12-5-3-4-9(7-12)6-11-19(2,15)16/h8-9,11H,3-7H2,1-2H3,(H,13,14). The number of aliphatic carboxylic acids is 1. The minimum atomic E-state index is -3.89. The van der Waals surface area contributed by atoms with Gasteiger partial charge >= 0.3 is 5.97 Å². The van der Waals surface area contributed by atoms with Crippen LogP contribution >= 0.6 is 0 Å². The van der Waals surface area contributed by atoms with Gasteiger partial charge in [0.25, 0.3) is 0 Å². The minimum absolute atomic E-state index is 0.141. The van der Waals surface area contributed by atoms with Gasteiger partial charge in [0.1, 0.15) is 0 Å². The summed E-state index contributed by atoms with van der Waals surface area (Å²) in [5, 5.41) is 7.33. The molecule has 2 atom stereocenters. The largest absolute Gasteiger partial charge is 0.480 e. The summed E-state index contributed by atoms with van der Waals surface area (Å²) in [6, 6.07) is 0. The Morgan fingerprint density at radius 2 is 2.00 bits per heavy atom. The molecule has 0 radical (unpaired) electrons. The average Bonchev–Trinajstić information content (AvgIpc) is 2.34. The van der Waals surface area contributed by atoms with Crippen LogP contribution in [0.4, 0.5) is 0 Å². The molecular formula is C10H20N2O6S2. The second-order valence-corrected chi connectivity index (χ2v) is 9.10. The highest BCUT2D eigenvalue weighted by Gasteiger charge is 2.36. The quantitative estimate of drug-likeness (QED) is 0.648. The maximum absolute atomic E-state index is 12.1. The fourth-order valence-electron chi connectivity index (χ4n) is 2.04. The first-order valence-electron chi connectivity index (χ1n) is 6.20. The molecule has 0 amide bonds. The van der Waals surface area contributed by atoms with Crippen molar-refractivity contribution >= 4 is 26.0 Å². The van der Waals surface area contributed by atoms with E-state index < -0.39 is 31.3 Å². The third-order valence-corrected chi connectivity index (χ3v) is 6.11. The SMILES string of the molecule is CC(C(=O)O)S(=O)(=O)N1CCCC(CNS(C)(=O)=O)C1. The fourth-order valence-corrected chi connectivity index (χ4v) is 4.09. The van der Waals surface area contributed by atoms with Crippen LogP contribution in [0.25, 0.3) is 0 Å². The Kier molecular flexibility index (Phi) is 5.53. The number of carboxylic acid groups (broad SMARTS) is 1. The summed E-state index contributed by atoms with van der Waals surface area (Å²) in [6.45, 7) is 1.71. The lowest BCUT2D eigenvalue weighted by atomic mass is 10.0. The zero-order valence-corrected chi connectivity index (χ0v) is 13.1. The van der Waals surface area contributed by atoms with Gasteiger partial charge in [-0.2, -0.15) is 0 Å². The Bertz CT molecular complexity index is 556. The van der Waals surface area contributed by atoms with Gasteiger partial charge < -0.3 is 5.11 Å². The molecule has 1 aliphatic rings. The fraction of sp³-hybridized carbons (Fsp3) is 0.900. The lowest BCUT2D eigenvalue weighted by Gasteiger charge is -2.32. The molecular weight excluding hydrogens is 308 g/mol. The molecule has 0 spiro atoms. The number of carboxylic acids is 1. The summed E-state index contributed by atoms with van der Waals surface area (Å²) in [5.74, 6) is -1.53. The van der Waals surface area contributed by atoms with Gasteiger partial charge in [-0.05, 0) is 25.7 Å². The van der Waals surface area contributed by atoms with E-state index in [2.05, 4.69) is 4.72 Å². The lowest BCUT2D eigenvalue weighted by molar-refractivity contribution is -0.136. The van der Waals surface area contributed by atoms with E-state index in [9.17, 15) is 21.6 Å². The Balaban J connectivity index is 2.72. The maximum Gasteiger partial charge on any atom is 0.323 e. The van der Waals surface area contributed by atoms with Crippen molar-refractivity contribution in [2.75, 3.05) is 25.9 Å². The monoisotopic (exact) mass is 328 g/mol. The molecule has 0 saturated carbocycles. The highest BCUT2D eigenvalue weighted by Crippen LogP contribution is 2.21. The molecule has 2 unspecified atom stereocenters. The van der Waals surface area contributed by atoms with Crippen LogP contribution in [0.2, 0.25) is 0 Å². The number of carbonyl (C=O) groups is 1. The van der Waals surface area contributed by atoms with Gasteiger partial charge in [0.15, 0.2) is 5.25 Å². The van der Waals surface area contributed by atoms with Crippen LogP contribution < -0.4 is 4.72 Å². The van der Waals surface area contributed by atoms with Crippen molar-refractivity contribution in [3.05, 3.63) is 0 Å². The predicted octanol–water partition coefficient (Wildman–Crippen LogP) is -0.949. The predicted molar refractivity (Wildman–Crippen MR) is 73.2 cm³/mol. The first kappa shape index (κ1) is 17.3. The van der Waals surface area contributed by atoms with Crippen LogP contribution in [0.15, 0.2) is 0 Å². The zero-order valence-electron chi connectivity index (χ0n) is 11.4. The summed E-state index contributed by atoms with van der Waals surface area (Å²) in [7, 11) is -7.21. The van der Waals surface area contributed by atoms with Crippen LogP contribution in [-0.2, 0) is 24.8 Å². The van der Waals surface area contributed by atoms with Gasteiger partial charge in [-0.1, -0.05) is 0 Å². The number of nitrogens with zero attached hydrogens (tertiary/aromatic N) is 1. The lowest BCUT2D eigenvalue weighted by Crippen LogP contribution is -2.47. The van der Waals surface area contributed by atoms with Gasteiger partial charge in [0, 0.05) is 19.6 Å². The second-order valence-electron chi connectivity index (χ2n) is 5.01. The summed E-state index contributed by atoms with van der Waals surface area (Å²) < 4.78 is 49.7. The number of piperidine rings is 1. The second kappa shape index (κ2) is 6.37. The molecule has 0 aromatic carbocycles. The van der Waals surface area contributed by atoms with Gasteiger partial charge in [-0.25, -0.2) is 25.9 Å². The minimum Gasteiger partial charge on any atom is -0.480 e. The molecule has 118 valence electrons. The van der Waals surface area contributed by atoms with E-state index in [4.69, 9.17) is 5.11 Å². The summed E-state index contributed by atoms with van der Waals surface area (Å²) >= 11 is 0. The number of hydrogen-bond donors (Lipinski definition) is 2. The maximum atomic E-state index is 12.1. The average molecular weight is 328 g/mol. The van der Waals surface area contributed by atoms with Crippen LogP contribution in [0.1, 0.15) is 19.8 Å². The van der Waals surface area contributed by atoms with Gasteiger partial charge in [-0.3, -0.25) is 4.79 Å². The van der Waals surface area contributed by atoms with Crippen LogP contribution in [0, 0.1) is 5.92 Å². The number of rotatable bonds is 6. The molecule has 1 fully saturated rings. The summed E-state index contributed by atoms with van der Waals surface area (Å²) in [6.07, 6.45) is 2.33. The number of sulfonamides is 2. The Morgan fingerprint density at radius 1 is 1.40 bits per heavy atom. The Morgan fingerprint density at radius 3 is 2.50 bits per heavy atom. The first-order chi connectivity index (χ1) is 9.04. The molecule has 0 bridgehead atoms. The molecule has 1 rings (SSSR count). The normalized spacial score (nSPS) is 23.4. The molecule has 20 heavy (non-hydrogen) atoms. The van der Waals surface area contributed by atoms with E-state index in [1.165, 1.54) is 0 Å². The van der Waals surface area contributed by atoms with E-state index in [1.54, 1.807) is 0 Å². The summed E-state index contributed by atoms with van der Waals surface area (Å²) in [5.41, 5.74) is 0. The Labute approximate surface area is 119 Å². The van der Waals surface area contributed by atoms with E-state index >= 15 is 0 Å². The first-order valence-corrected chi connectivity index (χ1v) is 9.60. The zero-order chi connectivity index (χ0) is 15.6. The highest BCUT2D eigenvalue weighted by molar-refractivity contribution is 7.90. The third-order valence-electron chi connectivity index (χ3n) is 3.27. The molecule has 1 saturated heterocycles. The van der Waals surface area contributed by atoms with Crippen LogP contribution in [0.5, 0.6) is 0 Å². The van der Waals surface area contributed by atoms with Crippen molar-refractivity contribution in [2.24, 2.45) is 5.92 Å². The van der Waals surface area contributed by atoms with Crippen LogP contribution in [-0.4, -0.2) is 63.4 Å². The van der Waals surface area contributed by atoms with Crippen molar-refractivity contribution in [1.29, 1.82) is 0 Å². The Hall–Kier alpha value is -0.710. The molecule has 0 aromatic heterocycles. The smallest absolute Gasteiger partial charge is 0.323 e. The number of nitrogens with one attached hydrogen (secondary N) is 1. The third kappa shape index (κ3) is 4.69. The highest BCUT2D eigenvalue weighted by atomic mass is 32.2. The van der Waals surface area contributed by atoms with Crippen molar-refractivity contribution in [3.63, 3.8) is 0 Å². The van der Waals surface area contributed by atoms with Crippen molar-refractivity contribution < 1.29 is 26.7 Å². The van der Waals surface area contributed by atoms with Crippen LogP contribution in [0.3, 0.4) is 0 Å². The molecule has 0 aromatic rings. The van der Waals surface area contributed by atoms with Crippen molar-refractivity contribution in [3.8, 4) is 0 Å². The summed E-state index contributed by atoms with van der Waals surface area (Å²) in [4.78, 5) is 10.8. The molecule has 8 nitrogen and oxygen atoms in total. The van der Waals surface area contributed by atoms with Gasteiger partial charge in [-0.15, -0.1) is 0 Å². The molecule has 10 heteroatoms. The van der Waals surface area contributed by atoms with E-state index in [-0.39, 0.29) is 25.6 Å². The molecule has 1 aliphatic heterocycles. The molecule has 0 aliphatic carbocycles. The molecule has 2 N–H and O–H groups in total. The molecule has 1 heterocycles. The van der Waals surface area contributed by atoms with Crippen molar-refractivity contribution in [2.45, 2.75) is 25.0 Å².